The number of amides is 2. The Morgan fingerprint density at radius 3 is 2.50 bits per heavy atom. The Morgan fingerprint density at radius 2 is 1.88 bits per heavy atom. The Labute approximate surface area is 149 Å². The quantitative estimate of drug-likeness (QED) is 0.888. The molecule has 1 saturated heterocycles. The summed E-state index contributed by atoms with van der Waals surface area (Å²) >= 11 is 0. The smallest absolute Gasteiger partial charge is 0.265 e. The van der Waals surface area contributed by atoms with Gasteiger partial charge in [-0.15, -0.1) is 0 Å². The number of benzene rings is 2. The first-order chi connectivity index (χ1) is 12.4. The first-order valence-corrected chi connectivity index (χ1v) is 8.27. The van der Waals surface area contributed by atoms with E-state index in [4.69, 9.17) is 4.74 Å². The van der Waals surface area contributed by atoms with Crippen LogP contribution in [0.5, 0.6) is 5.75 Å². The molecule has 1 aliphatic heterocycles. The fraction of sp³-hybridized carbons (Fsp3) is 0.263. The highest BCUT2D eigenvalue weighted by atomic mass is 19.2. The van der Waals surface area contributed by atoms with E-state index in [0.717, 1.165) is 24.2 Å². The van der Waals surface area contributed by atoms with Crippen molar-refractivity contribution in [3.63, 3.8) is 0 Å². The standard InChI is InChI=1S/C19H18F2N2O3/c1-12(26-15-8-9-16(20)17(21)11-15)19(25)22-13-4-6-14(7-5-13)23-10-2-3-18(23)24/h4-9,11-12H,2-3,10H2,1H3,(H,22,25). The van der Waals surface area contributed by atoms with Crippen LogP contribution in [-0.4, -0.2) is 24.5 Å². The van der Waals surface area contributed by atoms with Crippen molar-refractivity contribution in [2.45, 2.75) is 25.9 Å². The van der Waals surface area contributed by atoms with Gasteiger partial charge in [-0.1, -0.05) is 0 Å². The molecule has 5 nitrogen and oxygen atoms in total. The number of carbonyl (C=O) groups excluding carboxylic acids is 2. The molecule has 0 saturated carbocycles. The van der Waals surface area contributed by atoms with E-state index in [1.54, 1.807) is 29.2 Å². The molecule has 2 aromatic carbocycles. The average Bonchev–Trinajstić information content (AvgIpc) is 3.05. The first kappa shape index (κ1) is 17.8. The van der Waals surface area contributed by atoms with Crippen LogP contribution < -0.4 is 15.0 Å². The zero-order valence-corrected chi connectivity index (χ0v) is 14.2. The Hall–Kier alpha value is -2.96. The number of carbonyl (C=O) groups is 2. The van der Waals surface area contributed by atoms with Crippen LogP contribution in [0.3, 0.4) is 0 Å². The summed E-state index contributed by atoms with van der Waals surface area (Å²) in [5, 5.41) is 2.68. The van der Waals surface area contributed by atoms with E-state index in [0.29, 0.717) is 18.7 Å². The largest absolute Gasteiger partial charge is 0.481 e. The maximum Gasteiger partial charge on any atom is 0.265 e. The van der Waals surface area contributed by atoms with Gasteiger partial charge in [0.05, 0.1) is 0 Å². The minimum Gasteiger partial charge on any atom is -0.481 e. The Kier molecular flexibility index (Phi) is 5.16. The van der Waals surface area contributed by atoms with E-state index in [1.807, 2.05) is 0 Å². The predicted octanol–water partition coefficient (Wildman–Crippen LogP) is 3.50. The lowest BCUT2D eigenvalue weighted by Gasteiger charge is -2.17. The molecule has 0 radical (unpaired) electrons. The molecule has 0 bridgehead atoms. The van der Waals surface area contributed by atoms with Gasteiger partial charge in [-0.2, -0.15) is 0 Å². The van der Waals surface area contributed by atoms with Crippen LogP contribution in [0.15, 0.2) is 42.5 Å². The van der Waals surface area contributed by atoms with E-state index in [1.165, 1.54) is 13.0 Å². The number of nitrogens with zero attached hydrogens (tertiary/aromatic N) is 1. The Bertz CT molecular complexity index is 824. The van der Waals surface area contributed by atoms with Crippen LogP contribution in [-0.2, 0) is 9.59 Å². The number of anilines is 2. The number of nitrogens with one attached hydrogen (secondary N) is 1. The highest BCUT2D eigenvalue weighted by molar-refractivity contribution is 5.96. The van der Waals surface area contributed by atoms with Gasteiger partial charge >= 0.3 is 0 Å². The molecule has 0 aromatic heterocycles. The molecule has 0 spiro atoms. The predicted molar refractivity (Wildman–Crippen MR) is 93.1 cm³/mol. The average molecular weight is 360 g/mol. The van der Waals surface area contributed by atoms with Crippen LogP contribution in [0.25, 0.3) is 0 Å². The van der Waals surface area contributed by atoms with Gasteiger partial charge < -0.3 is 15.0 Å². The minimum absolute atomic E-state index is 0.0643. The second-order valence-corrected chi connectivity index (χ2v) is 6.02. The van der Waals surface area contributed by atoms with Crippen molar-refractivity contribution in [2.24, 2.45) is 0 Å². The van der Waals surface area contributed by atoms with Gasteiger partial charge in [0.1, 0.15) is 5.75 Å². The van der Waals surface area contributed by atoms with Gasteiger partial charge in [0.25, 0.3) is 5.91 Å². The molecule has 7 heteroatoms. The lowest BCUT2D eigenvalue weighted by Crippen LogP contribution is -2.30. The van der Waals surface area contributed by atoms with E-state index >= 15 is 0 Å². The molecule has 26 heavy (non-hydrogen) atoms. The number of rotatable bonds is 5. The third kappa shape index (κ3) is 3.99. The van der Waals surface area contributed by atoms with Crippen LogP contribution in [0.2, 0.25) is 0 Å². The first-order valence-electron chi connectivity index (χ1n) is 8.27. The van der Waals surface area contributed by atoms with Gasteiger partial charge in [0, 0.05) is 30.4 Å². The molecule has 2 amide bonds. The van der Waals surface area contributed by atoms with Crippen molar-refractivity contribution < 1.29 is 23.1 Å². The minimum atomic E-state index is -1.04. The summed E-state index contributed by atoms with van der Waals surface area (Å²) in [4.78, 5) is 25.6. The van der Waals surface area contributed by atoms with Crippen molar-refractivity contribution in [1.82, 2.24) is 0 Å². The molecule has 3 rings (SSSR count). The van der Waals surface area contributed by atoms with E-state index in [-0.39, 0.29) is 11.7 Å². The van der Waals surface area contributed by atoms with Crippen molar-refractivity contribution in [2.75, 3.05) is 16.8 Å². The van der Waals surface area contributed by atoms with Crippen LogP contribution >= 0.6 is 0 Å². The summed E-state index contributed by atoms with van der Waals surface area (Å²) in [5.74, 6) is -2.29. The summed E-state index contributed by atoms with van der Waals surface area (Å²) in [6, 6.07) is 10.0. The molecule has 1 atom stereocenters. The summed E-state index contributed by atoms with van der Waals surface area (Å²) in [6.45, 7) is 2.21. The molecule has 1 aliphatic rings. The Morgan fingerprint density at radius 1 is 1.15 bits per heavy atom. The molecule has 1 fully saturated rings. The SMILES string of the molecule is CC(Oc1ccc(F)c(F)c1)C(=O)Nc1ccc(N2CCCC2=O)cc1. The zero-order chi connectivity index (χ0) is 18.7. The topological polar surface area (TPSA) is 58.6 Å². The summed E-state index contributed by atoms with van der Waals surface area (Å²) < 4.78 is 31.4. The fourth-order valence-electron chi connectivity index (χ4n) is 2.70. The highest BCUT2D eigenvalue weighted by Crippen LogP contribution is 2.23. The molecule has 2 aromatic rings. The van der Waals surface area contributed by atoms with E-state index in [9.17, 15) is 18.4 Å². The summed E-state index contributed by atoms with van der Waals surface area (Å²) in [6.07, 6.45) is 0.493. The van der Waals surface area contributed by atoms with E-state index < -0.39 is 23.6 Å². The van der Waals surface area contributed by atoms with Gasteiger partial charge in [-0.25, -0.2) is 8.78 Å². The molecular formula is C19H18F2N2O3. The summed E-state index contributed by atoms with van der Waals surface area (Å²) in [5.41, 5.74) is 1.34. The van der Waals surface area contributed by atoms with Crippen LogP contribution in [0.1, 0.15) is 19.8 Å². The normalized spacial score (nSPS) is 15.0. The third-order valence-corrected chi connectivity index (χ3v) is 4.09. The molecule has 1 N–H and O–H groups in total. The highest BCUT2D eigenvalue weighted by Gasteiger charge is 2.21. The number of ether oxygens (including phenoxy) is 1. The van der Waals surface area contributed by atoms with Crippen LogP contribution in [0, 0.1) is 11.6 Å². The summed E-state index contributed by atoms with van der Waals surface area (Å²) in [7, 11) is 0. The maximum absolute atomic E-state index is 13.2. The second-order valence-electron chi connectivity index (χ2n) is 6.02. The van der Waals surface area contributed by atoms with Crippen molar-refractivity contribution in [3.8, 4) is 5.75 Å². The van der Waals surface area contributed by atoms with Gasteiger partial charge in [-0.05, 0) is 49.7 Å². The maximum atomic E-state index is 13.2. The molecule has 0 aliphatic carbocycles. The Balaban J connectivity index is 1.60. The number of hydrogen-bond acceptors (Lipinski definition) is 3. The van der Waals surface area contributed by atoms with Gasteiger partial charge in [0.2, 0.25) is 5.91 Å². The van der Waals surface area contributed by atoms with Crippen molar-refractivity contribution in [3.05, 3.63) is 54.1 Å². The van der Waals surface area contributed by atoms with Gasteiger partial charge in [-0.3, -0.25) is 9.59 Å². The van der Waals surface area contributed by atoms with E-state index in [2.05, 4.69) is 5.32 Å². The van der Waals surface area contributed by atoms with Crippen molar-refractivity contribution in [1.29, 1.82) is 0 Å². The van der Waals surface area contributed by atoms with Gasteiger partial charge in [0.15, 0.2) is 17.7 Å². The molecule has 136 valence electrons. The third-order valence-electron chi connectivity index (χ3n) is 4.09. The second kappa shape index (κ2) is 7.51. The fourth-order valence-corrected chi connectivity index (χ4v) is 2.70. The molecule has 1 unspecified atom stereocenters. The lowest BCUT2D eigenvalue weighted by molar-refractivity contribution is -0.122. The number of hydrogen-bond donors (Lipinski definition) is 1. The molecular weight excluding hydrogens is 342 g/mol. The number of halogens is 2. The van der Waals surface area contributed by atoms with Crippen LogP contribution in [0.4, 0.5) is 20.2 Å². The lowest BCUT2D eigenvalue weighted by atomic mass is 10.2. The van der Waals surface area contributed by atoms with Crippen molar-refractivity contribution >= 4 is 23.2 Å². The zero-order valence-electron chi connectivity index (χ0n) is 14.2. The molecule has 1 heterocycles. The monoisotopic (exact) mass is 360 g/mol.